The van der Waals surface area contributed by atoms with E-state index in [1.165, 1.54) is 12.1 Å². The van der Waals surface area contributed by atoms with Crippen molar-refractivity contribution in [1.82, 2.24) is 5.32 Å². The molecule has 1 aromatic rings. The van der Waals surface area contributed by atoms with Crippen molar-refractivity contribution in [3.05, 3.63) is 34.1 Å². The predicted molar refractivity (Wildman–Crippen MR) is 49.6 cm³/mol. The first-order valence-corrected chi connectivity index (χ1v) is 4.70. The molecule has 0 radical (unpaired) electrons. The molecule has 2 nitrogen and oxygen atoms in total. The second-order valence-corrected chi connectivity index (χ2v) is 3.94. The third-order valence-corrected chi connectivity index (χ3v) is 2.47. The Bertz CT molecular complexity index is 338. The van der Waals surface area contributed by atoms with Gasteiger partial charge in [0.25, 0.3) is 0 Å². The van der Waals surface area contributed by atoms with Gasteiger partial charge in [0.15, 0.2) is 0 Å². The molecule has 0 bridgehead atoms. The molecule has 0 aliphatic carbocycles. The van der Waals surface area contributed by atoms with Gasteiger partial charge in [-0.05, 0) is 23.8 Å². The number of carbonyl (C=O) groups is 1. The van der Waals surface area contributed by atoms with E-state index in [1.54, 1.807) is 0 Å². The summed E-state index contributed by atoms with van der Waals surface area (Å²) in [4.78, 5) is 10.6. The first-order chi connectivity index (χ1) is 6.15. The molecule has 2 rings (SSSR count). The van der Waals surface area contributed by atoms with Crippen LogP contribution < -0.4 is 5.32 Å². The number of β-lactam (4-membered cyclic amide) rings is 1. The van der Waals surface area contributed by atoms with E-state index in [4.69, 9.17) is 0 Å². The Morgan fingerprint density at radius 1 is 1.46 bits per heavy atom. The quantitative estimate of drug-likeness (QED) is 0.753. The molecule has 1 heterocycles. The third-order valence-electron chi connectivity index (χ3n) is 2.01. The van der Waals surface area contributed by atoms with Crippen LogP contribution in [0.2, 0.25) is 0 Å². The molecular formula is C9H7BrFNO. The van der Waals surface area contributed by atoms with E-state index in [2.05, 4.69) is 21.2 Å². The number of hydrogen-bond donors (Lipinski definition) is 1. The number of halogens is 2. The van der Waals surface area contributed by atoms with E-state index in [-0.39, 0.29) is 17.8 Å². The largest absolute Gasteiger partial charge is 0.349 e. The van der Waals surface area contributed by atoms with E-state index >= 15 is 0 Å². The van der Waals surface area contributed by atoms with Gasteiger partial charge >= 0.3 is 0 Å². The van der Waals surface area contributed by atoms with Crippen LogP contribution in [0, 0.1) is 5.82 Å². The van der Waals surface area contributed by atoms with Gasteiger partial charge in [0.2, 0.25) is 5.91 Å². The average Bonchev–Trinajstić information content (AvgIpc) is 1.96. The van der Waals surface area contributed by atoms with Crippen LogP contribution in [-0.4, -0.2) is 5.91 Å². The second-order valence-electron chi connectivity index (χ2n) is 3.03. The molecule has 1 aliphatic heterocycles. The van der Waals surface area contributed by atoms with Gasteiger partial charge in [-0.1, -0.05) is 15.9 Å². The minimum atomic E-state index is -0.287. The van der Waals surface area contributed by atoms with Crippen molar-refractivity contribution in [2.24, 2.45) is 0 Å². The Balaban J connectivity index is 2.25. The number of amides is 1. The van der Waals surface area contributed by atoms with Gasteiger partial charge in [-0.2, -0.15) is 0 Å². The Morgan fingerprint density at radius 3 is 2.69 bits per heavy atom. The maximum atomic E-state index is 12.9. The van der Waals surface area contributed by atoms with Crippen LogP contribution in [0.4, 0.5) is 4.39 Å². The molecule has 1 fully saturated rings. The Morgan fingerprint density at radius 2 is 2.15 bits per heavy atom. The zero-order chi connectivity index (χ0) is 9.42. The van der Waals surface area contributed by atoms with Crippen LogP contribution in [0.25, 0.3) is 0 Å². The summed E-state index contributed by atoms with van der Waals surface area (Å²) in [5.41, 5.74) is 0.812. The summed E-state index contributed by atoms with van der Waals surface area (Å²) in [7, 11) is 0. The molecule has 1 N–H and O–H groups in total. The van der Waals surface area contributed by atoms with Crippen molar-refractivity contribution in [2.75, 3.05) is 0 Å². The maximum Gasteiger partial charge on any atom is 0.222 e. The lowest BCUT2D eigenvalue weighted by molar-refractivity contribution is -0.128. The zero-order valence-corrected chi connectivity index (χ0v) is 8.27. The van der Waals surface area contributed by atoms with Crippen LogP contribution >= 0.6 is 15.9 Å². The van der Waals surface area contributed by atoms with Crippen LogP contribution in [0.1, 0.15) is 18.0 Å². The van der Waals surface area contributed by atoms with E-state index < -0.39 is 0 Å². The normalized spacial score (nSPS) is 20.8. The van der Waals surface area contributed by atoms with Crippen molar-refractivity contribution in [1.29, 1.82) is 0 Å². The van der Waals surface area contributed by atoms with E-state index in [0.717, 1.165) is 5.56 Å². The van der Waals surface area contributed by atoms with Crippen molar-refractivity contribution in [2.45, 2.75) is 12.5 Å². The lowest BCUT2D eigenvalue weighted by atomic mass is 9.97. The summed E-state index contributed by atoms with van der Waals surface area (Å²) in [6.45, 7) is 0. The first kappa shape index (κ1) is 8.69. The molecule has 0 saturated carbocycles. The molecule has 1 saturated heterocycles. The average molecular weight is 244 g/mol. The Labute approximate surface area is 83.3 Å². The highest BCUT2D eigenvalue weighted by Crippen LogP contribution is 2.26. The summed E-state index contributed by atoms with van der Waals surface area (Å²) in [6, 6.07) is 4.63. The van der Waals surface area contributed by atoms with Gasteiger partial charge in [-0.3, -0.25) is 4.79 Å². The van der Waals surface area contributed by atoms with Gasteiger partial charge in [0.1, 0.15) is 5.82 Å². The molecule has 1 atom stereocenters. The van der Waals surface area contributed by atoms with E-state index in [9.17, 15) is 9.18 Å². The predicted octanol–water partition coefficient (Wildman–Crippen LogP) is 2.15. The third kappa shape index (κ3) is 1.72. The van der Waals surface area contributed by atoms with Crippen LogP contribution in [-0.2, 0) is 4.79 Å². The first-order valence-electron chi connectivity index (χ1n) is 3.90. The molecule has 0 aromatic heterocycles. The van der Waals surface area contributed by atoms with Gasteiger partial charge in [-0.15, -0.1) is 0 Å². The highest BCUT2D eigenvalue weighted by atomic mass is 79.9. The molecule has 0 spiro atoms. The van der Waals surface area contributed by atoms with Crippen LogP contribution in [0.3, 0.4) is 0 Å². The Hall–Kier alpha value is -0.900. The number of hydrogen-bond acceptors (Lipinski definition) is 1. The van der Waals surface area contributed by atoms with Crippen molar-refractivity contribution >= 4 is 21.8 Å². The van der Waals surface area contributed by atoms with E-state index in [1.807, 2.05) is 6.07 Å². The fraction of sp³-hybridized carbons (Fsp3) is 0.222. The van der Waals surface area contributed by atoms with Crippen molar-refractivity contribution in [3.63, 3.8) is 0 Å². The number of rotatable bonds is 1. The van der Waals surface area contributed by atoms with E-state index in [0.29, 0.717) is 10.9 Å². The smallest absolute Gasteiger partial charge is 0.222 e. The van der Waals surface area contributed by atoms with Crippen molar-refractivity contribution < 1.29 is 9.18 Å². The lowest BCUT2D eigenvalue weighted by Crippen LogP contribution is -2.41. The van der Waals surface area contributed by atoms with Crippen LogP contribution in [0.5, 0.6) is 0 Å². The van der Waals surface area contributed by atoms with Gasteiger partial charge in [-0.25, -0.2) is 4.39 Å². The molecule has 1 aliphatic rings. The molecule has 13 heavy (non-hydrogen) atoms. The topological polar surface area (TPSA) is 29.1 Å². The summed E-state index contributed by atoms with van der Waals surface area (Å²) < 4.78 is 13.6. The fourth-order valence-electron chi connectivity index (χ4n) is 1.34. The monoisotopic (exact) mass is 243 g/mol. The molecule has 1 unspecified atom stereocenters. The summed E-state index contributed by atoms with van der Waals surface area (Å²) in [5.74, 6) is -0.268. The Kier molecular flexibility index (Phi) is 2.07. The van der Waals surface area contributed by atoms with Gasteiger partial charge in [0.05, 0.1) is 12.5 Å². The zero-order valence-electron chi connectivity index (χ0n) is 6.68. The minimum Gasteiger partial charge on any atom is -0.349 e. The SMILES string of the molecule is O=C1CC(c2cc(F)cc(Br)c2)N1. The number of carbonyl (C=O) groups excluding carboxylic acids is 1. The summed E-state index contributed by atoms with van der Waals surface area (Å²) in [6.07, 6.45) is 0.454. The molecule has 68 valence electrons. The highest BCUT2D eigenvalue weighted by molar-refractivity contribution is 9.10. The standard InChI is InChI=1S/C9H7BrFNO/c10-6-1-5(2-7(11)3-6)8-4-9(13)12-8/h1-3,8H,4H2,(H,12,13). The minimum absolute atomic E-state index is 0.0144. The highest BCUT2D eigenvalue weighted by Gasteiger charge is 2.26. The van der Waals surface area contributed by atoms with Gasteiger partial charge < -0.3 is 5.32 Å². The number of nitrogens with one attached hydrogen (secondary N) is 1. The molecular weight excluding hydrogens is 237 g/mol. The maximum absolute atomic E-state index is 12.9. The lowest BCUT2D eigenvalue weighted by Gasteiger charge is -2.27. The molecule has 4 heteroatoms. The fourth-order valence-corrected chi connectivity index (χ4v) is 1.82. The molecule has 1 amide bonds. The summed E-state index contributed by atoms with van der Waals surface area (Å²) >= 11 is 3.20. The second kappa shape index (κ2) is 3.10. The van der Waals surface area contributed by atoms with Crippen LogP contribution in [0.15, 0.2) is 22.7 Å². The molecule has 1 aromatic carbocycles. The number of benzene rings is 1. The summed E-state index contributed by atoms with van der Waals surface area (Å²) in [5, 5.41) is 2.69. The van der Waals surface area contributed by atoms with Crippen molar-refractivity contribution in [3.8, 4) is 0 Å². The van der Waals surface area contributed by atoms with Gasteiger partial charge in [0, 0.05) is 4.47 Å².